The van der Waals surface area contributed by atoms with Gasteiger partial charge in [-0.2, -0.15) is 8.42 Å². The lowest BCUT2D eigenvalue weighted by atomic mass is 10.4. The van der Waals surface area contributed by atoms with Crippen molar-refractivity contribution in [3.05, 3.63) is 0 Å². The van der Waals surface area contributed by atoms with E-state index in [0.29, 0.717) is 0 Å². The SMILES string of the molecule is O=S(=O)(F)C1(Cl)CCCS1(=O)=O. The van der Waals surface area contributed by atoms with Crippen LogP contribution in [-0.2, 0) is 20.1 Å². The third kappa shape index (κ3) is 1.23. The highest BCUT2D eigenvalue weighted by Crippen LogP contribution is 2.41. The lowest BCUT2D eigenvalue weighted by Gasteiger charge is -2.13. The molecular formula is C4H6ClFO4S2. The van der Waals surface area contributed by atoms with Crippen molar-refractivity contribution in [3.63, 3.8) is 0 Å². The van der Waals surface area contributed by atoms with Crippen LogP contribution in [-0.4, -0.2) is 26.1 Å². The summed E-state index contributed by atoms with van der Waals surface area (Å²) in [5.74, 6) is -0.375. The number of hydrogen-bond donors (Lipinski definition) is 0. The molecule has 1 fully saturated rings. The Morgan fingerprint density at radius 3 is 2.08 bits per heavy atom. The number of rotatable bonds is 1. The predicted octanol–water partition coefficient (Wildman–Crippen LogP) is 0.387. The molecule has 0 aromatic heterocycles. The van der Waals surface area contributed by atoms with Gasteiger partial charge in [0.15, 0.2) is 9.84 Å². The van der Waals surface area contributed by atoms with Crippen LogP contribution in [0.2, 0.25) is 0 Å². The second-order valence-corrected chi connectivity index (χ2v) is 7.78. The average molecular weight is 237 g/mol. The van der Waals surface area contributed by atoms with E-state index in [2.05, 4.69) is 0 Å². The van der Waals surface area contributed by atoms with Crippen LogP contribution in [0.5, 0.6) is 0 Å². The monoisotopic (exact) mass is 236 g/mol. The van der Waals surface area contributed by atoms with Crippen molar-refractivity contribution in [2.75, 3.05) is 5.75 Å². The molecule has 1 unspecified atom stereocenters. The van der Waals surface area contributed by atoms with E-state index in [9.17, 15) is 20.7 Å². The van der Waals surface area contributed by atoms with E-state index < -0.39 is 23.6 Å². The minimum Gasteiger partial charge on any atom is -0.226 e. The molecule has 0 amide bonds. The maximum absolute atomic E-state index is 12.4. The summed E-state index contributed by atoms with van der Waals surface area (Å²) in [6, 6.07) is 0. The molecule has 1 aliphatic heterocycles. The fourth-order valence-corrected chi connectivity index (χ4v) is 4.56. The Morgan fingerprint density at radius 1 is 1.42 bits per heavy atom. The zero-order valence-corrected chi connectivity index (χ0v) is 8.22. The van der Waals surface area contributed by atoms with Gasteiger partial charge in [-0.05, 0) is 12.8 Å². The van der Waals surface area contributed by atoms with Crippen LogP contribution in [0.1, 0.15) is 12.8 Å². The van der Waals surface area contributed by atoms with Crippen molar-refractivity contribution >= 4 is 31.7 Å². The molecule has 0 radical (unpaired) electrons. The van der Waals surface area contributed by atoms with Gasteiger partial charge in [0.05, 0.1) is 5.75 Å². The lowest BCUT2D eigenvalue weighted by molar-refractivity contribution is 0.534. The number of hydrogen-bond acceptors (Lipinski definition) is 4. The second kappa shape index (κ2) is 2.55. The highest BCUT2D eigenvalue weighted by atomic mass is 35.5. The molecule has 1 saturated heterocycles. The molecule has 1 atom stereocenters. The van der Waals surface area contributed by atoms with Gasteiger partial charge < -0.3 is 0 Å². The van der Waals surface area contributed by atoms with Crippen molar-refractivity contribution in [1.29, 1.82) is 0 Å². The Balaban J connectivity index is 3.36. The molecule has 1 aliphatic rings. The summed E-state index contributed by atoms with van der Waals surface area (Å²) in [6.07, 6.45) is -0.301. The molecular weight excluding hydrogens is 231 g/mol. The zero-order chi connectivity index (χ0) is 9.62. The Labute approximate surface area is 74.8 Å². The minimum atomic E-state index is -5.23. The molecule has 0 spiro atoms. The quantitative estimate of drug-likeness (QED) is 0.488. The van der Waals surface area contributed by atoms with Gasteiger partial charge >= 0.3 is 10.2 Å². The predicted molar refractivity (Wildman–Crippen MR) is 41.6 cm³/mol. The molecule has 0 N–H and O–H groups in total. The molecule has 0 saturated carbocycles. The second-order valence-electron chi connectivity index (χ2n) is 2.52. The largest absolute Gasteiger partial charge is 0.337 e. The van der Waals surface area contributed by atoms with E-state index in [1.54, 1.807) is 0 Å². The number of alkyl halides is 1. The fraction of sp³-hybridized carbons (Fsp3) is 1.00. The van der Waals surface area contributed by atoms with Crippen molar-refractivity contribution < 1.29 is 20.7 Å². The van der Waals surface area contributed by atoms with Gasteiger partial charge in [0.1, 0.15) is 0 Å². The fourth-order valence-electron chi connectivity index (χ4n) is 1.05. The standard InChI is InChI=1S/C4H6ClFO4S2/c5-4(12(6,9)10)2-1-3-11(4,7)8/h1-3H2. The molecule has 72 valence electrons. The molecule has 0 aromatic rings. The van der Waals surface area contributed by atoms with Crippen molar-refractivity contribution in [1.82, 2.24) is 0 Å². The van der Waals surface area contributed by atoms with E-state index in [1.807, 2.05) is 0 Å². The van der Waals surface area contributed by atoms with E-state index in [4.69, 9.17) is 11.6 Å². The summed E-state index contributed by atoms with van der Waals surface area (Å²) in [6.45, 7) is 0. The van der Waals surface area contributed by atoms with E-state index in [-0.39, 0.29) is 18.6 Å². The minimum absolute atomic E-state index is 0.0784. The number of sulfone groups is 1. The molecule has 0 bridgehead atoms. The van der Waals surface area contributed by atoms with Crippen molar-refractivity contribution in [3.8, 4) is 0 Å². The molecule has 8 heteroatoms. The van der Waals surface area contributed by atoms with Gasteiger partial charge in [-0.3, -0.25) is 0 Å². The topological polar surface area (TPSA) is 68.3 Å². The van der Waals surface area contributed by atoms with Gasteiger partial charge in [-0.25, -0.2) is 8.42 Å². The highest BCUT2D eigenvalue weighted by molar-refractivity contribution is 8.10. The first-order valence-corrected chi connectivity index (χ1v) is 6.47. The van der Waals surface area contributed by atoms with Crippen LogP contribution in [0.3, 0.4) is 0 Å². The molecule has 1 rings (SSSR count). The van der Waals surface area contributed by atoms with Crippen LogP contribution >= 0.6 is 11.6 Å². The van der Waals surface area contributed by atoms with Crippen LogP contribution < -0.4 is 0 Å². The summed E-state index contributed by atoms with van der Waals surface area (Å²) in [7, 11) is -9.27. The van der Waals surface area contributed by atoms with E-state index >= 15 is 0 Å². The smallest absolute Gasteiger partial charge is 0.226 e. The molecule has 12 heavy (non-hydrogen) atoms. The van der Waals surface area contributed by atoms with Crippen molar-refractivity contribution in [2.45, 2.75) is 16.4 Å². The normalized spacial score (nSPS) is 35.2. The summed E-state index contributed by atoms with van der Waals surface area (Å²) < 4.78 is 52.5. The van der Waals surface area contributed by atoms with Crippen LogP contribution in [0.25, 0.3) is 0 Å². The Morgan fingerprint density at radius 2 is 1.92 bits per heavy atom. The van der Waals surface area contributed by atoms with Gasteiger partial charge in [0.25, 0.3) is 3.54 Å². The Bertz CT molecular complexity index is 385. The van der Waals surface area contributed by atoms with E-state index in [0.717, 1.165) is 0 Å². The van der Waals surface area contributed by atoms with Gasteiger partial charge in [-0.1, -0.05) is 11.6 Å². The first-order valence-electron chi connectivity index (χ1n) is 3.06. The molecule has 4 nitrogen and oxygen atoms in total. The highest BCUT2D eigenvalue weighted by Gasteiger charge is 2.57. The third-order valence-electron chi connectivity index (χ3n) is 1.72. The zero-order valence-electron chi connectivity index (χ0n) is 5.83. The van der Waals surface area contributed by atoms with E-state index in [1.165, 1.54) is 0 Å². The average Bonchev–Trinajstić information content (AvgIpc) is 2.07. The summed E-state index contributed by atoms with van der Waals surface area (Å²) in [5, 5.41) is 0. The molecule has 1 heterocycles. The Hall–Kier alpha value is 0.120. The van der Waals surface area contributed by atoms with Crippen molar-refractivity contribution in [2.24, 2.45) is 0 Å². The molecule has 0 aliphatic carbocycles. The Kier molecular flexibility index (Phi) is 2.17. The van der Waals surface area contributed by atoms with Crippen LogP contribution in [0.15, 0.2) is 0 Å². The summed E-state index contributed by atoms with van der Waals surface area (Å²) in [4.78, 5) is 0. The van der Waals surface area contributed by atoms with Gasteiger partial charge in [0.2, 0.25) is 0 Å². The maximum atomic E-state index is 12.4. The van der Waals surface area contributed by atoms with Gasteiger partial charge in [0, 0.05) is 0 Å². The molecule has 0 aromatic carbocycles. The lowest BCUT2D eigenvalue weighted by Crippen LogP contribution is -2.34. The first-order chi connectivity index (χ1) is 5.21. The summed E-state index contributed by atoms with van der Waals surface area (Å²) >= 11 is 5.19. The number of halogens is 2. The van der Waals surface area contributed by atoms with Gasteiger partial charge in [-0.15, -0.1) is 3.89 Å². The maximum Gasteiger partial charge on any atom is 0.337 e. The van der Waals surface area contributed by atoms with Crippen LogP contribution in [0, 0.1) is 0 Å². The first kappa shape index (κ1) is 10.2. The van der Waals surface area contributed by atoms with Crippen LogP contribution in [0.4, 0.5) is 3.89 Å². The third-order valence-corrected chi connectivity index (χ3v) is 7.41. The summed E-state index contributed by atoms with van der Waals surface area (Å²) in [5.41, 5.74) is 0.